The predicted molar refractivity (Wildman–Crippen MR) is 64.7 cm³/mol. The van der Waals surface area contributed by atoms with Crippen LogP contribution in [0, 0.1) is 5.82 Å². The zero-order valence-electron chi connectivity index (χ0n) is 7.94. The molecule has 1 heterocycles. The van der Waals surface area contributed by atoms with Crippen molar-refractivity contribution in [2.45, 2.75) is 9.96 Å². The Balaban J connectivity index is 2.05. The van der Waals surface area contributed by atoms with E-state index in [2.05, 4.69) is 6.07 Å². The fraction of sp³-hybridized carbons (Fsp3) is 0.0909. The first-order chi connectivity index (χ1) is 7.24. The highest BCUT2D eigenvalue weighted by Crippen LogP contribution is 2.27. The number of rotatable bonds is 3. The van der Waals surface area contributed by atoms with E-state index in [9.17, 15) is 4.39 Å². The summed E-state index contributed by atoms with van der Waals surface area (Å²) in [5, 5.41) is 2.03. The normalized spacial score (nSPS) is 10.5. The lowest BCUT2D eigenvalue weighted by molar-refractivity contribution is 0.627. The minimum atomic E-state index is -0.267. The van der Waals surface area contributed by atoms with Crippen molar-refractivity contribution in [1.29, 1.82) is 0 Å². The van der Waals surface area contributed by atoms with Crippen LogP contribution in [0.2, 0.25) is 0 Å². The average Bonchev–Trinajstić information content (AvgIpc) is 2.65. The lowest BCUT2D eigenvalue weighted by atomic mass is 10.2. The fourth-order valence-electron chi connectivity index (χ4n) is 1.26. The van der Waals surface area contributed by atoms with E-state index in [1.165, 1.54) is 16.3 Å². The summed E-state index contributed by atoms with van der Waals surface area (Å²) in [5.41, 5.74) is 6.97. The van der Waals surface area contributed by atoms with Crippen LogP contribution in [0.15, 0.2) is 39.9 Å². The number of hydrogen-bond acceptors (Lipinski definition) is 3. The average molecular weight is 239 g/mol. The molecule has 1 nitrogen and oxygen atoms in total. The molecule has 0 fully saturated rings. The monoisotopic (exact) mass is 239 g/mol. The molecule has 0 spiro atoms. The molecule has 2 N–H and O–H groups in total. The third-order valence-corrected chi connectivity index (χ3v) is 4.06. The Hall–Kier alpha value is -1.00. The quantitative estimate of drug-likeness (QED) is 0.652. The maximum absolute atomic E-state index is 13.0. The van der Waals surface area contributed by atoms with Crippen LogP contribution in [-0.2, 0) is 5.75 Å². The Morgan fingerprint density at radius 3 is 2.87 bits per heavy atom. The van der Waals surface area contributed by atoms with Crippen molar-refractivity contribution in [3.05, 3.63) is 47.1 Å². The molecule has 4 heteroatoms. The summed E-state index contributed by atoms with van der Waals surface area (Å²) in [7, 11) is 0. The first-order valence-corrected chi connectivity index (χ1v) is 6.32. The van der Waals surface area contributed by atoms with Gasteiger partial charge in [-0.3, -0.25) is 0 Å². The molecule has 1 aromatic carbocycles. The van der Waals surface area contributed by atoms with Crippen LogP contribution in [0.25, 0.3) is 0 Å². The van der Waals surface area contributed by atoms with Crippen molar-refractivity contribution in [2.24, 2.45) is 0 Å². The second kappa shape index (κ2) is 4.68. The molecular formula is C11H10FNS2. The topological polar surface area (TPSA) is 26.0 Å². The van der Waals surface area contributed by atoms with Crippen LogP contribution in [0.3, 0.4) is 0 Å². The summed E-state index contributed by atoms with van der Waals surface area (Å²) in [6.45, 7) is 0. The molecule has 15 heavy (non-hydrogen) atoms. The van der Waals surface area contributed by atoms with Crippen LogP contribution in [-0.4, -0.2) is 0 Å². The number of thioether (sulfide) groups is 1. The van der Waals surface area contributed by atoms with Gasteiger partial charge in [-0.2, -0.15) is 0 Å². The van der Waals surface area contributed by atoms with Gasteiger partial charge >= 0.3 is 0 Å². The maximum Gasteiger partial charge on any atom is 0.125 e. The van der Waals surface area contributed by atoms with Crippen molar-refractivity contribution in [1.82, 2.24) is 0 Å². The van der Waals surface area contributed by atoms with Crippen molar-refractivity contribution >= 4 is 28.8 Å². The zero-order valence-corrected chi connectivity index (χ0v) is 9.58. The minimum Gasteiger partial charge on any atom is -0.399 e. The Morgan fingerprint density at radius 1 is 1.33 bits per heavy atom. The summed E-state index contributed by atoms with van der Waals surface area (Å²) in [6.07, 6.45) is 0. The SMILES string of the molecule is Nc1cc(F)cc(CSc2cccs2)c1. The zero-order chi connectivity index (χ0) is 10.7. The molecule has 1 aromatic heterocycles. The number of halogens is 1. The van der Waals surface area contributed by atoms with Crippen molar-refractivity contribution < 1.29 is 4.39 Å². The molecule has 0 saturated heterocycles. The van der Waals surface area contributed by atoms with Crippen LogP contribution >= 0.6 is 23.1 Å². The number of hydrogen-bond donors (Lipinski definition) is 1. The van der Waals surface area contributed by atoms with E-state index in [0.717, 1.165) is 11.3 Å². The van der Waals surface area contributed by atoms with Gasteiger partial charge < -0.3 is 5.73 Å². The highest BCUT2D eigenvalue weighted by atomic mass is 32.2. The molecule has 0 saturated carbocycles. The Bertz CT molecular complexity index is 420. The second-order valence-corrected chi connectivity index (χ2v) is 5.34. The van der Waals surface area contributed by atoms with Gasteiger partial charge in [0.1, 0.15) is 5.82 Å². The van der Waals surface area contributed by atoms with Gasteiger partial charge in [0.25, 0.3) is 0 Å². The highest BCUT2D eigenvalue weighted by Gasteiger charge is 2.00. The predicted octanol–water partition coefficient (Wildman–Crippen LogP) is 3.76. The van der Waals surface area contributed by atoms with E-state index in [-0.39, 0.29) is 5.82 Å². The molecule has 0 radical (unpaired) electrons. The number of nitrogens with two attached hydrogens (primary N) is 1. The Labute approximate surface area is 96.1 Å². The lowest BCUT2D eigenvalue weighted by Crippen LogP contribution is -1.89. The van der Waals surface area contributed by atoms with Gasteiger partial charge in [-0.25, -0.2) is 4.39 Å². The van der Waals surface area contributed by atoms with E-state index in [1.54, 1.807) is 23.1 Å². The Morgan fingerprint density at radius 2 is 2.20 bits per heavy atom. The van der Waals surface area contributed by atoms with Gasteiger partial charge in [-0.1, -0.05) is 6.07 Å². The molecule has 0 amide bonds. The summed E-state index contributed by atoms with van der Waals surface area (Å²) >= 11 is 3.38. The molecule has 2 rings (SSSR count). The largest absolute Gasteiger partial charge is 0.399 e. The molecule has 0 aliphatic carbocycles. The number of nitrogen functional groups attached to an aromatic ring is 1. The molecule has 0 unspecified atom stereocenters. The third kappa shape index (κ3) is 2.97. The molecular weight excluding hydrogens is 229 g/mol. The fourth-order valence-corrected chi connectivity index (χ4v) is 2.97. The molecule has 0 aliphatic rings. The number of anilines is 1. The number of thiophene rings is 1. The van der Waals surface area contributed by atoms with Crippen LogP contribution in [0.1, 0.15) is 5.56 Å². The molecule has 0 atom stereocenters. The van der Waals surface area contributed by atoms with Gasteiger partial charge in [0, 0.05) is 11.4 Å². The summed E-state index contributed by atoms with van der Waals surface area (Å²) < 4.78 is 14.2. The molecule has 0 bridgehead atoms. The summed E-state index contributed by atoms with van der Waals surface area (Å²) in [5.74, 6) is 0.486. The van der Waals surface area contributed by atoms with Crippen LogP contribution < -0.4 is 5.73 Å². The van der Waals surface area contributed by atoms with E-state index in [1.807, 2.05) is 17.5 Å². The van der Waals surface area contributed by atoms with Crippen LogP contribution in [0.5, 0.6) is 0 Å². The van der Waals surface area contributed by atoms with E-state index in [4.69, 9.17) is 5.73 Å². The lowest BCUT2D eigenvalue weighted by Gasteiger charge is -2.01. The minimum absolute atomic E-state index is 0.267. The van der Waals surface area contributed by atoms with Gasteiger partial charge in [0.15, 0.2) is 0 Å². The summed E-state index contributed by atoms with van der Waals surface area (Å²) in [6, 6.07) is 8.73. The van der Waals surface area contributed by atoms with Crippen molar-refractivity contribution in [2.75, 3.05) is 5.73 Å². The molecule has 2 aromatic rings. The first kappa shape index (κ1) is 10.5. The Kier molecular flexibility index (Phi) is 3.28. The van der Waals surface area contributed by atoms with Crippen LogP contribution in [0.4, 0.5) is 10.1 Å². The van der Waals surface area contributed by atoms with Crippen molar-refractivity contribution in [3.8, 4) is 0 Å². The molecule has 0 aliphatic heterocycles. The first-order valence-electron chi connectivity index (χ1n) is 4.45. The van der Waals surface area contributed by atoms with Gasteiger partial charge in [-0.15, -0.1) is 23.1 Å². The third-order valence-electron chi connectivity index (χ3n) is 1.86. The standard InChI is InChI=1S/C11H10FNS2/c12-9-4-8(5-10(13)6-9)7-15-11-2-1-3-14-11/h1-6H,7,13H2. The highest BCUT2D eigenvalue weighted by molar-refractivity contribution is 8.00. The van der Waals surface area contributed by atoms with Crippen molar-refractivity contribution in [3.63, 3.8) is 0 Å². The van der Waals surface area contributed by atoms with Gasteiger partial charge in [0.05, 0.1) is 4.21 Å². The van der Waals surface area contributed by atoms with Gasteiger partial charge in [0.2, 0.25) is 0 Å². The van der Waals surface area contributed by atoms with E-state index in [0.29, 0.717) is 5.69 Å². The van der Waals surface area contributed by atoms with E-state index < -0.39 is 0 Å². The maximum atomic E-state index is 13.0. The number of benzene rings is 1. The smallest absolute Gasteiger partial charge is 0.125 e. The van der Waals surface area contributed by atoms with E-state index >= 15 is 0 Å². The second-order valence-electron chi connectivity index (χ2n) is 3.11. The molecule has 78 valence electrons. The van der Waals surface area contributed by atoms with Gasteiger partial charge in [-0.05, 0) is 35.2 Å². The summed E-state index contributed by atoms with van der Waals surface area (Å²) in [4.78, 5) is 0.